The molecule has 4 heteroatoms. The number of aryl methyl sites for hydroxylation is 1. The Morgan fingerprint density at radius 3 is 2.50 bits per heavy atom. The smallest absolute Gasteiger partial charge is 0.144 e. The van der Waals surface area contributed by atoms with Gasteiger partial charge < -0.3 is 0 Å². The van der Waals surface area contributed by atoms with Gasteiger partial charge in [0, 0.05) is 6.21 Å². The highest BCUT2D eigenvalue weighted by molar-refractivity contribution is 7.85. The van der Waals surface area contributed by atoms with Crippen molar-refractivity contribution >= 4 is 17.2 Å². The SMILES string of the molecule is Cc1cc(F)ccc1C=NS(=O)C(C)(C)C. The van der Waals surface area contributed by atoms with Crippen molar-refractivity contribution in [2.24, 2.45) is 4.40 Å². The molecule has 1 unspecified atom stereocenters. The van der Waals surface area contributed by atoms with E-state index >= 15 is 0 Å². The summed E-state index contributed by atoms with van der Waals surface area (Å²) in [6, 6.07) is 4.43. The standard InChI is InChI=1S/C12H16FNOS/c1-9-7-11(13)6-5-10(9)8-14-16(15)12(2,3)4/h5-8H,1-4H3. The first-order valence-electron chi connectivity index (χ1n) is 5.03. The highest BCUT2D eigenvalue weighted by Gasteiger charge is 2.18. The van der Waals surface area contributed by atoms with Gasteiger partial charge in [-0.3, -0.25) is 0 Å². The molecule has 0 aliphatic rings. The fraction of sp³-hybridized carbons (Fsp3) is 0.417. The fourth-order valence-corrected chi connectivity index (χ4v) is 1.57. The highest BCUT2D eigenvalue weighted by atomic mass is 32.2. The lowest BCUT2D eigenvalue weighted by molar-refractivity contribution is 0.626. The van der Waals surface area contributed by atoms with Crippen LogP contribution in [0.4, 0.5) is 4.39 Å². The summed E-state index contributed by atoms with van der Waals surface area (Å²) in [6.07, 6.45) is 1.54. The van der Waals surface area contributed by atoms with Crippen LogP contribution < -0.4 is 0 Å². The number of benzene rings is 1. The monoisotopic (exact) mass is 241 g/mol. The van der Waals surface area contributed by atoms with E-state index in [1.54, 1.807) is 13.0 Å². The Hall–Kier alpha value is -1.03. The largest absolute Gasteiger partial charge is 0.234 e. The van der Waals surface area contributed by atoms with E-state index in [-0.39, 0.29) is 10.6 Å². The van der Waals surface area contributed by atoms with Gasteiger partial charge in [-0.05, 0) is 51.0 Å². The van der Waals surface area contributed by atoms with E-state index in [4.69, 9.17) is 0 Å². The van der Waals surface area contributed by atoms with Crippen molar-refractivity contribution in [1.82, 2.24) is 0 Å². The summed E-state index contributed by atoms with van der Waals surface area (Å²) in [4.78, 5) is 0. The van der Waals surface area contributed by atoms with Crippen molar-refractivity contribution in [1.29, 1.82) is 0 Å². The summed E-state index contributed by atoms with van der Waals surface area (Å²) in [5.41, 5.74) is 1.58. The van der Waals surface area contributed by atoms with Gasteiger partial charge in [0.2, 0.25) is 0 Å². The lowest BCUT2D eigenvalue weighted by atomic mass is 10.1. The first-order valence-corrected chi connectivity index (χ1v) is 6.13. The summed E-state index contributed by atoms with van der Waals surface area (Å²) in [7, 11) is -1.28. The minimum Gasteiger partial charge on any atom is -0.234 e. The molecule has 0 radical (unpaired) electrons. The quantitative estimate of drug-likeness (QED) is 0.732. The second-order valence-corrected chi connectivity index (χ2v) is 6.53. The maximum absolute atomic E-state index is 12.8. The number of hydrogen-bond acceptors (Lipinski definition) is 1. The van der Waals surface area contributed by atoms with Gasteiger partial charge in [-0.2, -0.15) is 4.40 Å². The van der Waals surface area contributed by atoms with E-state index in [0.29, 0.717) is 0 Å². The Morgan fingerprint density at radius 2 is 2.00 bits per heavy atom. The van der Waals surface area contributed by atoms with Gasteiger partial charge in [-0.15, -0.1) is 0 Å². The van der Waals surface area contributed by atoms with E-state index < -0.39 is 11.0 Å². The number of rotatable bonds is 2. The molecule has 16 heavy (non-hydrogen) atoms. The topological polar surface area (TPSA) is 29.4 Å². The molecular formula is C12H16FNOS. The van der Waals surface area contributed by atoms with Crippen molar-refractivity contribution in [3.63, 3.8) is 0 Å². The van der Waals surface area contributed by atoms with E-state index in [9.17, 15) is 8.60 Å². The molecule has 0 aromatic heterocycles. The van der Waals surface area contributed by atoms with Crippen LogP contribution in [0.3, 0.4) is 0 Å². The van der Waals surface area contributed by atoms with Crippen LogP contribution in [0, 0.1) is 12.7 Å². The predicted octanol–water partition coefficient (Wildman–Crippen LogP) is 3.02. The van der Waals surface area contributed by atoms with Crippen LogP contribution >= 0.6 is 0 Å². The minimum atomic E-state index is -1.28. The third-order valence-electron chi connectivity index (χ3n) is 2.04. The molecule has 0 N–H and O–H groups in total. The Balaban J connectivity index is 2.89. The zero-order valence-corrected chi connectivity index (χ0v) is 10.8. The van der Waals surface area contributed by atoms with E-state index in [1.807, 2.05) is 20.8 Å². The van der Waals surface area contributed by atoms with Gasteiger partial charge in [0.1, 0.15) is 16.8 Å². The second kappa shape index (κ2) is 4.87. The molecule has 0 saturated carbocycles. The third kappa shape index (κ3) is 3.52. The summed E-state index contributed by atoms with van der Waals surface area (Å²) in [5.74, 6) is -0.272. The molecule has 0 bridgehead atoms. The van der Waals surface area contributed by atoms with Gasteiger partial charge in [-0.1, -0.05) is 6.07 Å². The number of hydrogen-bond donors (Lipinski definition) is 0. The average molecular weight is 241 g/mol. The zero-order chi connectivity index (χ0) is 12.3. The van der Waals surface area contributed by atoms with E-state index in [0.717, 1.165) is 11.1 Å². The molecule has 0 saturated heterocycles. The Morgan fingerprint density at radius 1 is 1.38 bits per heavy atom. The summed E-state index contributed by atoms with van der Waals surface area (Å²) < 4.78 is 28.1. The normalized spacial score (nSPS) is 14.3. The third-order valence-corrected chi connectivity index (χ3v) is 3.39. The van der Waals surface area contributed by atoms with Crippen LogP contribution in [0.15, 0.2) is 22.6 Å². The van der Waals surface area contributed by atoms with Crippen molar-refractivity contribution in [2.45, 2.75) is 32.4 Å². The maximum atomic E-state index is 12.8. The van der Waals surface area contributed by atoms with Crippen LogP contribution in [0.5, 0.6) is 0 Å². The Bertz CT molecular complexity index is 435. The molecule has 0 heterocycles. The van der Waals surface area contributed by atoms with Crippen LogP contribution in [0.25, 0.3) is 0 Å². The van der Waals surface area contributed by atoms with Gasteiger partial charge in [-0.25, -0.2) is 8.60 Å². The molecule has 1 aromatic carbocycles. The lowest BCUT2D eigenvalue weighted by Gasteiger charge is -2.12. The summed E-state index contributed by atoms with van der Waals surface area (Å²) in [6.45, 7) is 7.37. The van der Waals surface area contributed by atoms with Crippen LogP contribution in [0.1, 0.15) is 31.9 Å². The molecule has 88 valence electrons. The molecule has 1 atom stereocenters. The van der Waals surface area contributed by atoms with Gasteiger partial charge in [0.25, 0.3) is 0 Å². The molecule has 0 fully saturated rings. The van der Waals surface area contributed by atoms with Crippen molar-refractivity contribution in [3.8, 4) is 0 Å². The molecule has 2 nitrogen and oxygen atoms in total. The van der Waals surface area contributed by atoms with Crippen LogP contribution in [-0.2, 0) is 11.0 Å². The zero-order valence-electron chi connectivity index (χ0n) is 9.95. The second-order valence-electron chi connectivity index (χ2n) is 4.60. The van der Waals surface area contributed by atoms with Gasteiger partial charge in [0.15, 0.2) is 0 Å². The lowest BCUT2D eigenvalue weighted by Crippen LogP contribution is -2.19. The van der Waals surface area contributed by atoms with Crippen LogP contribution in [-0.4, -0.2) is 15.2 Å². The molecule has 0 spiro atoms. The van der Waals surface area contributed by atoms with Crippen molar-refractivity contribution in [2.75, 3.05) is 0 Å². The van der Waals surface area contributed by atoms with E-state index in [2.05, 4.69) is 4.40 Å². The van der Waals surface area contributed by atoms with Gasteiger partial charge in [0.05, 0.1) is 4.75 Å². The molecule has 1 rings (SSSR count). The highest BCUT2D eigenvalue weighted by Crippen LogP contribution is 2.13. The fourth-order valence-electron chi connectivity index (χ4n) is 1.05. The Labute approximate surface area is 98.2 Å². The van der Waals surface area contributed by atoms with Crippen LogP contribution in [0.2, 0.25) is 0 Å². The maximum Gasteiger partial charge on any atom is 0.144 e. The summed E-state index contributed by atoms with van der Waals surface area (Å²) in [5, 5.41) is 0. The summed E-state index contributed by atoms with van der Waals surface area (Å²) >= 11 is 0. The number of halogens is 1. The first-order chi connectivity index (χ1) is 7.30. The molecule has 0 aliphatic heterocycles. The average Bonchev–Trinajstić information content (AvgIpc) is 2.14. The molecule has 0 amide bonds. The van der Waals surface area contributed by atoms with E-state index in [1.165, 1.54) is 18.3 Å². The number of nitrogens with zero attached hydrogens (tertiary/aromatic N) is 1. The Kier molecular flexibility index (Phi) is 3.97. The molecular weight excluding hydrogens is 225 g/mol. The predicted molar refractivity (Wildman–Crippen MR) is 66.6 cm³/mol. The van der Waals surface area contributed by atoms with Crippen molar-refractivity contribution < 1.29 is 8.60 Å². The minimum absolute atomic E-state index is 0.272. The first kappa shape index (κ1) is 13.0. The molecule has 1 aromatic rings. The van der Waals surface area contributed by atoms with Gasteiger partial charge >= 0.3 is 0 Å². The van der Waals surface area contributed by atoms with Crippen molar-refractivity contribution in [3.05, 3.63) is 35.1 Å². The molecule has 0 aliphatic carbocycles.